The maximum Gasteiger partial charge on any atom is 0.262 e. The molecule has 142 valence electrons. The Morgan fingerprint density at radius 3 is 3.00 bits per heavy atom. The lowest BCUT2D eigenvalue weighted by Gasteiger charge is -2.13. The van der Waals surface area contributed by atoms with E-state index in [-0.39, 0.29) is 17.2 Å². The summed E-state index contributed by atoms with van der Waals surface area (Å²) >= 11 is 8.84. The van der Waals surface area contributed by atoms with E-state index in [1.807, 2.05) is 17.5 Å². The number of fused-ring (bicyclic) bond motifs is 1. The molecule has 0 saturated carbocycles. The average molecular weight is 424 g/mol. The Hall–Kier alpha value is -1.87. The van der Waals surface area contributed by atoms with Gasteiger partial charge in [-0.15, -0.1) is 11.3 Å². The first-order chi connectivity index (χ1) is 13.1. The number of thiophene rings is 1. The normalized spacial score (nSPS) is 11.0. The Balaban J connectivity index is 1.78. The maximum atomic E-state index is 12.8. The second-order valence-corrected chi connectivity index (χ2v) is 8.06. The number of halogens is 1. The molecule has 0 saturated heterocycles. The number of carbonyl (C=O) groups is 1. The zero-order chi connectivity index (χ0) is 19.2. The SMILES string of the molecule is COCCn1c(SCC(=O)NCc2cccs2)nc2cc(Cl)ccc2c1=O. The van der Waals surface area contributed by atoms with Gasteiger partial charge in [0.05, 0.1) is 36.4 Å². The number of carbonyl (C=O) groups excluding carboxylic acids is 1. The maximum absolute atomic E-state index is 12.8. The van der Waals surface area contributed by atoms with Crippen LogP contribution in [0.3, 0.4) is 0 Å². The summed E-state index contributed by atoms with van der Waals surface area (Å²) in [5, 5.41) is 6.30. The molecule has 0 spiro atoms. The highest BCUT2D eigenvalue weighted by Crippen LogP contribution is 2.20. The number of aromatic nitrogens is 2. The zero-order valence-corrected chi connectivity index (χ0v) is 17.0. The molecule has 0 atom stereocenters. The number of thioether (sulfide) groups is 1. The number of hydrogen-bond donors (Lipinski definition) is 1. The van der Waals surface area contributed by atoms with Gasteiger partial charge < -0.3 is 10.1 Å². The van der Waals surface area contributed by atoms with Crippen molar-refractivity contribution in [3.05, 3.63) is 56.0 Å². The van der Waals surface area contributed by atoms with Crippen molar-refractivity contribution in [2.45, 2.75) is 18.2 Å². The number of benzene rings is 1. The number of amides is 1. The molecule has 0 bridgehead atoms. The average Bonchev–Trinajstić information content (AvgIpc) is 3.17. The number of hydrogen-bond acceptors (Lipinski definition) is 6. The van der Waals surface area contributed by atoms with Crippen LogP contribution in [0, 0.1) is 0 Å². The van der Waals surface area contributed by atoms with Crippen molar-refractivity contribution < 1.29 is 9.53 Å². The van der Waals surface area contributed by atoms with Crippen LogP contribution in [0.2, 0.25) is 5.02 Å². The molecule has 1 aromatic carbocycles. The van der Waals surface area contributed by atoms with E-state index in [0.717, 1.165) is 4.88 Å². The van der Waals surface area contributed by atoms with Crippen LogP contribution in [0.5, 0.6) is 0 Å². The molecule has 0 aliphatic heterocycles. The van der Waals surface area contributed by atoms with Gasteiger partial charge in [-0.2, -0.15) is 0 Å². The van der Waals surface area contributed by atoms with E-state index < -0.39 is 0 Å². The van der Waals surface area contributed by atoms with Crippen LogP contribution in [0.1, 0.15) is 4.88 Å². The van der Waals surface area contributed by atoms with Crippen LogP contribution in [0.15, 0.2) is 45.7 Å². The molecule has 2 aromatic heterocycles. The van der Waals surface area contributed by atoms with Crippen molar-refractivity contribution in [1.82, 2.24) is 14.9 Å². The van der Waals surface area contributed by atoms with E-state index in [9.17, 15) is 9.59 Å². The highest BCUT2D eigenvalue weighted by molar-refractivity contribution is 7.99. The van der Waals surface area contributed by atoms with Gasteiger partial charge in [0, 0.05) is 17.0 Å². The molecule has 0 unspecified atom stereocenters. The molecular weight excluding hydrogens is 406 g/mol. The fourth-order valence-corrected chi connectivity index (χ4v) is 4.11. The number of rotatable bonds is 8. The molecule has 0 radical (unpaired) electrons. The minimum absolute atomic E-state index is 0.118. The Kier molecular flexibility index (Phi) is 6.89. The molecule has 0 aliphatic carbocycles. The highest BCUT2D eigenvalue weighted by atomic mass is 35.5. The van der Waals surface area contributed by atoms with Gasteiger partial charge in [0.25, 0.3) is 5.56 Å². The van der Waals surface area contributed by atoms with Gasteiger partial charge in [-0.1, -0.05) is 29.4 Å². The first kappa shape index (κ1) is 19.9. The molecule has 1 amide bonds. The van der Waals surface area contributed by atoms with Gasteiger partial charge in [0.2, 0.25) is 5.91 Å². The Bertz CT molecular complexity index is 989. The first-order valence-electron chi connectivity index (χ1n) is 8.19. The predicted molar refractivity (Wildman–Crippen MR) is 110 cm³/mol. The third-order valence-corrected chi connectivity index (χ3v) is 5.86. The smallest absolute Gasteiger partial charge is 0.262 e. The lowest BCUT2D eigenvalue weighted by Crippen LogP contribution is -2.27. The molecule has 3 aromatic rings. The zero-order valence-electron chi connectivity index (χ0n) is 14.6. The summed E-state index contributed by atoms with van der Waals surface area (Å²) in [6.45, 7) is 1.23. The summed E-state index contributed by atoms with van der Waals surface area (Å²) < 4.78 is 6.64. The van der Waals surface area contributed by atoms with E-state index >= 15 is 0 Å². The monoisotopic (exact) mass is 423 g/mol. The third-order valence-electron chi connectivity index (χ3n) is 3.77. The number of ether oxygens (including phenoxy) is 1. The van der Waals surface area contributed by atoms with Gasteiger partial charge in [0.1, 0.15) is 0 Å². The van der Waals surface area contributed by atoms with E-state index in [1.54, 1.807) is 36.6 Å². The van der Waals surface area contributed by atoms with Crippen molar-refractivity contribution in [3.63, 3.8) is 0 Å². The minimum Gasteiger partial charge on any atom is -0.383 e. The van der Waals surface area contributed by atoms with Crippen LogP contribution in [-0.4, -0.2) is 34.9 Å². The molecule has 1 N–H and O–H groups in total. The Morgan fingerprint density at radius 1 is 1.41 bits per heavy atom. The summed E-state index contributed by atoms with van der Waals surface area (Å²) in [6.07, 6.45) is 0. The van der Waals surface area contributed by atoms with Crippen molar-refractivity contribution in [3.8, 4) is 0 Å². The summed E-state index contributed by atoms with van der Waals surface area (Å²) in [6, 6.07) is 8.89. The van der Waals surface area contributed by atoms with Gasteiger partial charge in [0.15, 0.2) is 5.16 Å². The fraction of sp³-hybridized carbons (Fsp3) is 0.278. The molecule has 9 heteroatoms. The summed E-state index contributed by atoms with van der Waals surface area (Å²) in [4.78, 5) is 30.6. The van der Waals surface area contributed by atoms with Crippen LogP contribution >= 0.6 is 34.7 Å². The van der Waals surface area contributed by atoms with Crippen molar-refractivity contribution in [1.29, 1.82) is 0 Å². The third kappa shape index (κ3) is 5.10. The highest BCUT2D eigenvalue weighted by Gasteiger charge is 2.13. The molecule has 0 aliphatic rings. The summed E-state index contributed by atoms with van der Waals surface area (Å²) in [5.74, 6) is 0.0452. The van der Waals surface area contributed by atoms with E-state index in [4.69, 9.17) is 16.3 Å². The largest absolute Gasteiger partial charge is 0.383 e. The molecule has 0 fully saturated rings. The van der Waals surface area contributed by atoms with Crippen molar-refractivity contribution in [2.75, 3.05) is 19.5 Å². The summed E-state index contributed by atoms with van der Waals surface area (Å²) in [5.41, 5.74) is 0.345. The van der Waals surface area contributed by atoms with E-state index in [2.05, 4.69) is 10.3 Å². The molecule has 6 nitrogen and oxygen atoms in total. The van der Waals surface area contributed by atoms with Gasteiger partial charge >= 0.3 is 0 Å². The molecule has 2 heterocycles. The minimum atomic E-state index is -0.171. The quantitative estimate of drug-likeness (QED) is 0.445. The summed E-state index contributed by atoms with van der Waals surface area (Å²) in [7, 11) is 1.57. The van der Waals surface area contributed by atoms with Crippen LogP contribution in [0.4, 0.5) is 0 Å². The van der Waals surface area contributed by atoms with E-state index in [1.165, 1.54) is 16.3 Å². The number of nitrogens with one attached hydrogen (secondary N) is 1. The Morgan fingerprint density at radius 2 is 2.26 bits per heavy atom. The van der Waals surface area contributed by atoms with Gasteiger partial charge in [-0.05, 0) is 29.6 Å². The number of methoxy groups -OCH3 is 1. The second-order valence-electron chi connectivity index (χ2n) is 5.65. The lowest BCUT2D eigenvalue weighted by atomic mass is 10.2. The lowest BCUT2D eigenvalue weighted by molar-refractivity contribution is -0.118. The van der Waals surface area contributed by atoms with Crippen LogP contribution in [-0.2, 0) is 22.6 Å². The van der Waals surface area contributed by atoms with Crippen LogP contribution in [0.25, 0.3) is 10.9 Å². The Labute approximate surface area is 169 Å². The number of nitrogens with zero attached hydrogens (tertiary/aromatic N) is 2. The van der Waals surface area contributed by atoms with Crippen LogP contribution < -0.4 is 10.9 Å². The standard InChI is InChI=1S/C18H18ClN3O3S2/c1-25-7-6-22-17(24)14-5-4-12(19)9-15(14)21-18(22)27-11-16(23)20-10-13-3-2-8-26-13/h2-5,8-9H,6-7,10-11H2,1H3,(H,20,23). The molecular formula is C18H18ClN3O3S2. The topological polar surface area (TPSA) is 73.2 Å². The van der Waals surface area contributed by atoms with Crippen molar-refractivity contribution in [2.24, 2.45) is 0 Å². The van der Waals surface area contributed by atoms with Gasteiger partial charge in [-0.25, -0.2) is 4.98 Å². The van der Waals surface area contributed by atoms with Gasteiger partial charge in [-0.3, -0.25) is 14.2 Å². The molecule has 3 rings (SSSR count). The molecule has 27 heavy (non-hydrogen) atoms. The second kappa shape index (κ2) is 9.36. The fourth-order valence-electron chi connectivity index (χ4n) is 2.44. The van der Waals surface area contributed by atoms with Crippen molar-refractivity contribution >= 4 is 51.5 Å². The predicted octanol–water partition coefficient (Wildman–Crippen LogP) is 3.17. The first-order valence-corrected chi connectivity index (χ1v) is 10.4. The van der Waals surface area contributed by atoms with E-state index in [0.29, 0.717) is 40.8 Å².